The number of nitrogens with zero attached hydrogens (tertiary/aromatic N) is 4. The molecule has 3 heterocycles. The van der Waals surface area contributed by atoms with E-state index in [1.54, 1.807) is 13.2 Å². The molecule has 1 aliphatic heterocycles. The van der Waals surface area contributed by atoms with Gasteiger partial charge in [0.15, 0.2) is 5.78 Å². The summed E-state index contributed by atoms with van der Waals surface area (Å²) in [6.45, 7) is 3.62. The molecule has 3 aromatic rings. The molecular weight excluding hydrogens is 376 g/mol. The second kappa shape index (κ2) is 6.48. The largest absolute Gasteiger partial charge is 0.481 e. The Morgan fingerprint density at radius 3 is 2.71 bits per heavy atom. The van der Waals surface area contributed by atoms with E-state index in [2.05, 4.69) is 14.5 Å². The molecule has 144 valence electrons. The quantitative estimate of drug-likeness (QED) is 0.606. The molecule has 28 heavy (non-hydrogen) atoms. The van der Waals surface area contributed by atoms with Gasteiger partial charge in [-0.05, 0) is 44.4 Å². The summed E-state index contributed by atoms with van der Waals surface area (Å²) in [7, 11) is 1.61. The Bertz CT molecular complexity index is 1100. The number of imidazole rings is 1. The van der Waals surface area contributed by atoms with Crippen molar-refractivity contribution < 1.29 is 9.53 Å². The van der Waals surface area contributed by atoms with E-state index in [0.29, 0.717) is 16.4 Å². The number of halogens is 1. The van der Waals surface area contributed by atoms with Crippen molar-refractivity contribution >= 4 is 40.1 Å². The minimum atomic E-state index is 0.156. The van der Waals surface area contributed by atoms with E-state index in [4.69, 9.17) is 21.3 Å². The number of fused-ring (bicyclic) bond motifs is 3. The van der Waals surface area contributed by atoms with E-state index in [1.165, 1.54) is 0 Å². The molecule has 0 saturated heterocycles. The van der Waals surface area contributed by atoms with Crippen LogP contribution in [0.4, 0.5) is 11.6 Å². The molecule has 0 N–H and O–H groups in total. The van der Waals surface area contributed by atoms with Crippen molar-refractivity contribution in [3.63, 3.8) is 0 Å². The molecule has 5 rings (SSSR count). The van der Waals surface area contributed by atoms with Gasteiger partial charge < -0.3 is 14.2 Å². The van der Waals surface area contributed by atoms with Crippen LogP contribution in [0.1, 0.15) is 35.3 Å². The number of pyridine rings is 1. The zero-order chi connectivity index (χ0) is 19.4. The minimum absolute atomic E-state index is 0.156. The van der Waals surface area contributed by atoms with E-state index in [1.807, 2.05) is 25.1 Å². The summed E-state index contributed by atoms with van der Waals surface area (Å²) in [5.74, 6) is 1.77. The standard InChI is InChI=1S/C21H21ClN4O2/c1-12-16(8-9-17(23-12)28-2)25-10-3-11-26-19-14(20(27)13-4-5-13)6-7-15(22)18(19)24-21(25)26/h6-9,13H,3-5,10-11H2,1-2H3. The lowest BCUT2D eigenvalue weighted by molar-refractivity contribution is 0.0969. The molecule has 0 unspecified atom stereocenters. The van der Waals surface area contributed by atoms with E-state index < -0.39 is 0 Å². The summed E-state index contributed by atoms with van der Waals surface area (Å²) in [5, 5.41) is 0.578. The second-order valence-electron chi connectivity index (χ2n) is 7.46. The summed E-state index contributed by atoms with van der Waals surface area (Å²) in [5.41, 5.74) is 4.17. The Morgan fingerprint density at radius 2 is 2.00 bits per heavy atom. The van der Waals surface area contributed by atoms with Crippen LogP contribution in [-0.2, 0) is 6.54 Å². The number of hydrogen-bond donors (Lipinski definition) is 0. The zero-order valence-electron chi connectivity index (χ0n) is 15.9. The lowest BCUT2D eigenvalue weighted by atomic mass is 10.1. The lowest BCUT2D eigenvalue weighted by Crippen LogP contribution is -2.29. The number of carbonyl (C=O) groups excluding carboxylic acids is 1. The van der Waals surface area contributed by atoms with Gasteiger partial charge in [0.05, 0.1) is 29.0 Å². The van der Waals surface area contributed by atoms with Gasteiger partial charge in [-0.25, -0.2) is 9.97 Å². The maximum absolute atomic E-state index is 12.9. The Labute approximate surface area is 168 Å². The number of aryl methyl sites for hydroxylation is 2. The minimum Gasteiger partial charge on any atom is -0.481 e. The predicted octanol–water partition coefficient (Wildman–Crippen LogP) is 4.54. The van der Waals surface area contributed by atoms with Crippen molar-refractivity contribution in [2.45, 2.75) is 32.7 Å². The highest BCUT2D eigenvalue weighted by Gasteiger charge is 2.34. The highest BCUT2D eigenvalue weighted by molar-refractivity contribution is 6.35. The number of Topliss-reactive ketones (excluding diaryl/α,β-unsaturated/α-hetero) is 1. The van der Waals surface area contributed by atoms with Gasteiger partial charge in [-0.3, -0.25) is 4.79 Å². The van der Waals surface area contributed by atoms with Crippen molar-refractivity contribution in [2.24, 2.45) is 5.92 Å². The SMILES string of the molecule is COc1ccc(N2CCCn3c2nc2c(Cl)ccc(C(=O)C4CC4)c23)c(C)n1. The number of aromatic nitrogens is 3. The third-order valence-corrected chi connectivity index (χ3v) is 5.88. The maximum atomic E-state index is 12.9. The first kappa shape index (κ1) is 17.5. The zero-order valence-corrected chi connectivity index (χ0v) is 16.7. The second-order valence-corrected chi connectivity index (χ2v) is 7.86. The van der Waals surface area contributed by atoms with Crippen LogP contribution in [0.5, 0.6) is 5.88 Å². The summed E-state index contributed by atoms with van der Waals surface area (Å²) in [4.78, 5) is 24.4. The first-order chi connectivity index (χ1) is 13.6. The van der Waals surface area contributed by atoms with Gasteiger partial charge in [-0.1, -0.05) is 11.6 Å². The molecule has 1 saturated carbocycles. The van der Waals surface area contributed by atoms with Gasteiger partial charge in [-0.2, -0.15) is 0 Å². The fourth-order valence-electron chi connectivity index (χ4n) is 4.02. The predicted molar refractivity (Wildman–Crippen MR) is 109 cm³/mol. The van der Waals surface area contributed by atoms with Crippen LogP contribution in [0.15, 0.2) is 24.3 Å². The fraction of sp³-hybridized carbons (Fsp3) is 0.381. The Balaban J connectivity index is 1.69. The molecule has 1 fully saturated rings. The number of benzene rings is 1. The van der Waals surface area contributed by atoms with Crippen molar-refractivity contribution in [3.8, 4) is 5.88 Å². The molecule has 6 nitrogen and oxygen atoms in total. The highest BCUT2D eigenvalue weighted by atomic mass is 35.5. The average Bonchev–Trinajstić information content (AvgIpc) is 3.48. The molecule has 0 amide bonds. The van der Waals surface area contributed by atoms with Crippen molar-refractivity contribution in [1.29, 1.82) is 0 Å². The molecule has 0 bridgehead atoms. The van der Waals surface area contributed by atoms with Gasteiger partial charge in [0.1, 0.15) is 5.52 Å². The van der Waals surface area contributed by atoms with Gasteiger partial charge in [0.25, 0.3) is 0 Å². The molecule has 1 aliphatic carbocycles. The lowest BCUT2D eigenvalue weighted by Gasteiger charge is -2.30. The smallest absolute Gasteiger partial charge is 0.213 e. The Morgan fingerprint density at radius 1 is 1.18 bits per heavy atom. The van der Waals surface area contributed by atoms with E-state index in [0.717, 1.165) is 60.8 Å². The fourth-order valence-corrected chi connectivity index (χ4v) is 4.22. The van der Waals surface area contributed by atoms with Crippen LogP contribution in [0.2, 0.25) is 5.02 Å². The number of carbonyl (C=O) groups is 1. The van der Waals surface area contributed by atoms with Crippen molar-refractivity contribution in [1.82, 2.24) is 14.5 Å². The number of methoxy groups -OCH3 is 1. The normalized spacial score (nSPS) is 16.3. The summed E-state index contributed by atoms with van der Waals surface area (Å²) in [6, 6.07) is 7.52. The molecular formula is C21H21ClN4O2. The van der Waals surface area contributed by atoms with E-state index >= 15 is 0 Å². The van der Waals surface area contributed by atoms with Crippen molar-refractivity contribution in [2.75, 3.05) is 18.6 Å². The first-order valence-electron chi connectivity index (χ1n) is 9.60. The summed E-state index contributed by atoms with van der Waals surface area (Å²) >= 11 is 6.48. The number of rotatable bonds is 4. The van der Waals surface area contributed by atoms with Gasteiger partial charge in [0, 0.05) is 30.6 Å². The summed E-state index contributed by atoms with van der Waals surface area (Å²) < 4.78 is 7.38. The molecule has 2 aliphatic rings. The molecule has 0 radical (unpaired) electrons. The molecule has 7 heteroatoms. The molecule has 2 aromatic heterocycles. The van der Waals surface area contributed by atoms with E-state index in [-0.39, 0.29) is 11.7 Å². The van der Waals surface area contributed by atoms with Crippen LogP contribution >= 0.6 is 11.6 Å². The maximum Gasteiger partial charge on any atom is 0.213 e. The first-order valence-corrected chi connectivity index (χ1v) is 9.98. The van der Waals surface area contributed by atoms with Gasteiger partial charge in [0.2, 0.25) is 11.8 Å². The molecule has 0 spiro atoms. The number of hydrogen-bond acceptors (Lipinski definition) is 5. The van der Waals surface area contributed by atoms with E-state index in [9.17, 15) is 4.79 Å². The molecule has 0 atom stereocenters. The van der Waals surface area contributed by atoms with Crippen LogP contribution in [0.25, 0.3) is 11.0 Å². The number of anilines is 2. The monoisotopic (exact) mass is 396 g/mol. The molecule has 1 aromatic carbocycles. The van der Waals surface area contributed by atoms with Crippen LogP contribution in [0.3, 0.4) is 0 Å². The van der Waals surface area contributed by atoms with Crippen LogP contribution in [-0.4, -0.2) is 34.0 Å². The number of ether oxygens (including phenoxy) is 1. The Kier molecular flexibility index (Phi) is 4.05. The Hall–Kier alpha value is -2.60. The topological polar surface area (TPSA) is 60.2 Å². The number of ketones is 1. The third kappa shape index (κ3) is 2.66. The average molecular weight is 397 g/mol. The highest BCUT2D eigenvalue weighted by Crippen LogP contribution is 2.40. The van der Waals surface area contributed by atoms with Crippen molar-refractivity contribution in [3.05, 3.63) is 40.5 Å². The van der Waals surface area contributed by atoms with Crippen LogP contribution in [0, 0.1) is 12.8 Å². The van der Waals surface area contributed by atoms with Gasteiger partial charge >= 0.3 is 0 Å². The summed E-state index contributed by atoms with van der Waals surface area (Å²) in [6.07, 6.45) is 2.91. The van der Waals surface area contributed by atoms with Crippen LogP contribution < -0.4 is 9.64 Å². The third-order valence-electron chi connectivity index (χ3n) is 5.58. The van der Waals surface area contributed by atoms with Gasteiger partial charge in [-0.15, -0.1) is 0 Å².